The largest absolute Gasteiger partial charge is 0.297 e. The SMILES string of the molecule is O=C1N=NC=C1c1cccnc1. The van der Waals surface area contributed by atoms with Gasteiger partial charge < -0.3 is 0 Å². The van der Waals surface area contributed by atoms with E-state index < -0.39 is 0 Å². The van der Waals surface area contributed by atoms with E-state index in [1.54, 1.807) is 24.5 Å². The fraction of sp³-hybridized carbons (Fsp3) is 0. The lowest BCUT2D eigenvalue weighted by Crippen LogP contribution is -1.93. The van der Waals surface area contributed by atoms with Gasteiger partial charge in [0, 0.05) is 18.0 Å². The second-order valence-corrected chi connectivity index (χ2v) is 2.31. The van der Waals surface area contributed by atoms with Crippen molar-refractivity contribution in [2.24, 2.45) is 10.2 Å². The van der Waals surface area contributed by atoms with Gasteiger partial charge in [-0.1, -0.05) is 6.07 Å². The highest BCUT2D eigenvalue weighted by molar-refractivity contribution is 6.20. The van der Waals surface area contributed by atoms with Gasteiger partial charge in [-0.15, -0.1) is 5.11 Å². The van der Waals surface area contributed by atoms with Gasteiger partial charge in [0.1, 0.15) is 0 Å². The lowest BCUT2D eigenvalue weighted by atomic mass is 10.1. The van der Waals surface area contributed by atoms with Crippen molar-refractivity contribution in [3.63, 3.8) is 0 Å². The number of nitrogens with zero attached hydrogens (tertiary/aromatic N) is 3. The van der Waals surface area contributed by atoms with Crippen LogP contribution in [0.1, 0.15) is 5.56 Å². The number of carbonyl (C=O) groups is 1. The van der Waals surface area contributed by atoms with Crippen LogP contribution in [0.3, 0.4) is 0 Å². The Kier molecular flexibility index (Phi) is 1.51. The Hall–Kier alpha value is -1.84. The minimum Gasteiger partial charge on any atom is -0.265 e. The topological polar surface area (TPSA) is 54.7 Å². The Morgan fingerprint density at radius 1 is 1.33 bits per heavy atom. The van der Waals surface area contributed by atoms with Crippen molar-refractivity contribution in [3.05, 3.63) is 36.3 Å². The highest BCUT2D eigenvalue weighted by Gasteiger charge is 2.14. The number of hydrogen-bond acceptors (Lipinski definition) is 3. The van der Waals surface area contributed by atoms with E-state index >= 15 is 0 Å². The first kappa shape index (κ1) is 6.84. The molecular formula is C8H5N3O. The first-order valence-corrected chi connectivity index (χ1v) is 3.44. The van der Waals surface area contributed by atoms with Crippen LogP contribution in [-0.2, 0) is 4.79 Å². The molecule has 4 nitrogen and oxygen atoms in total. The molecule has 1 amide bonds. The molecule has 58 valence electrons. The Morgan fingerprint density at radius 2 is 2.25 bits per heavy atom. The van der Waals surface area contributed by atoms with Gasteiger partial charge in [-0.2, -0.15) is 5.11 Å². The Labute approximate surface area is 68.7 Å². The minimum atomic E-state index is -0.303. The fourth-order valence-electron chi connectivity index (χ4n) is 0.968. The summed E-state index contributed by atoms with van der Waals surface area (Å²) < 4.78 is 0. The van der Waals surface area contributed by atoms with Crippen molar-refractivity contribution >= 4 is 11.5 Å². The van der Waals surface area contributed by atoms with Gasteiger partial charge in [0.15, 0.2) is 0 Å². The summed E-state index contributed by atoms with van der Waals surface area (Å²) in [5, 5.41) is 6.87. The number of pyridine rings is 1. The van der Waals surface area contributed by atoms with E-state index in [1.165, 1.54) is 6.20 Å². The van der Waals surface area contributed by atoms with Crippen molar-refractivity contribution in [2.75, 3.05) is 0 Å². The summed E-state index contributed by atoms with van der Waals surface area (Å²) in [6.07, 6.45) is 4.71. The average Bonchev–Trinajstić information content (AvgIpc) is 2.53. The van der Waals surface area contributed by atoms with Crippen molar-refractivity contribution < 1.29 is 4.79 Å². The molecule has 0 atom stereocenters. The molecule has 2 heterocycles. The van der Waals surface area contributed by atoms with Gasteiger partial charge in [-0.05, 0) is 6.07 Å². The highest BCUT2D eigenvalue weighted by Crippen LogP contribution is 2.18. The lowest BCUT2D eigenvalue weighted by Gasteiger charge is -1.94. The van der Waals surface area contributed by atoms with E-state index in [0.29, 0.717) is 5.57 Å². The molecule has 0 saturated heterocycles. The number of amides is 1. The van der Waals surface area contributed by atoms with Crippen LogP contribution >= 0.6 is 0 Å². The molecular weight excluding hydrogens is 154 g/mol. The molecule has 1 aromatic rings. The summed E-state index contributed by atoms with van der Waals surface area (Å²) in [6, 6.07) is 3.56. The zero-order valence-corrected chi connectivity index (χ0v) is 6.14. The molecule has 0 bridgehead atoms. The Bertz CT molecular complexity index is 367. The van der Waals surface area contributed by atoms with Crippen molar-refractivity contribution in [1.29, 1.82) is 0 Å². The summed E-state index contributed by atoms with van der Waals surface area (Å²) in [5.41, 5.74) is 1.26. The molecule has 0 fully saturated rings. The third kappa shape index (κ3) is 1.03. The maximum Gasteiger partial charge on any atom is 0.297 e. The monoisotopic (exact) mass is 159 g/mol. The Morgan fingerprint density at radius 3 is 2.83 bits per heavy atom. The molecule has 0 unspecified atom stereocenters. The number of rotatable bonds is 1. The molecule has 1 aliphatic heterocycles. The van der Waals surface area contributed by atoms with E-state index in [4.69, 9.17) is 0 Å². The van der Waals surface area contributed by atoms with E-state index in [-0.39, 0.29) is 5.91 Å². The van der Waals surface area contributed by atoms with Crippen molar-refractivity contribution in [3.8, 4) is 0 Å². The fourth-order valence-corrected chi connectivity index (χ4v) is 0.968. The summed E-state index contributed by atoms with van der Waals surface area (Å²) >= 11 is 0. The molecule has 0 radical (unpaired) electrons. The van der Waals surface area contributed by atoms with Crippen LogP contribution in [0.5, 0.6) is 0 Å². The van der Waals surface area contributed by atoms with E-state index in [1.807, 2.05) is 0 Å². The number of azo groups is 1. The molecule has 1 aliphatic rings. The van der Waals surface area contributed by atoms with Crippen LogP contribution < -0.4 is 0 Å². The highest BCUT2D eigenvalue weighted by atomic mass is 16.2. The maximum absolute atomic E-state index is 11.0. The smallest absolute Gasteiger partial charge is 0.265 e. The second kappa shape index (κ2) is 2.65. The zero-order chi connectivity index (χ0) is 8.39. The molecule has 12 heavy (non-hydrogen) atoms. The van der Waals surface area contributed by atoms with Gasteiger partial charge >= 0.3 is 0 Å². The summed E-state index contributed by atoms with van der Waals surface area (Å²) in [5.74, 6) is -0.303. The van der Waals surface area contributed by atoms with E-state index in [2.05, 4.69) is 15.2 Å². The molecule has 2 rings (SSSR count). The minimum absolute atomic E-state index is 0.303. The van der Waals surface area contributed by atoms with Gasteiger partial charge in [-0.25, -0.2) is 0 Å². The van der Waals surface area contributed by atoms with E-state index in [9.17, 15) is 4.79 Å². The first-order valence-electron chi connectivity index (χ1n) is 3.44. The molecule has 0 aromatic carbocycles. The van der Waals surface area contributed by atoms with Crippen molar-refractivity contribution in [1.82, 2.24) is 4.98 Å². The average molecular weight is 159 g/mol. The number of carbonyl (C=O) groups excluding carboxylic acids is 1. The third-order valence-electron chi connectivity index (χ3n) is 1.54. The van der Waals surface area contributed by atoms with E-state index in [0.717, 1.165) is 5.56 Å². The maximum atomic E-state index is 11.0. The molecule has 0 aliphatic carbocycles. The van der Waals surface area contributed by atoms with Crippen LogP contribution in [0.25, 0.3) is 5.57 Å². The summed E-state index contributed by atoms with van der Waals surface area (Å²) in [6.45, 7) is 0. The normalized spacial score (nSPS) is 15.0. The van der Waals surface area contributed by atoms with Gasteiger partial charge in [0.05, 0.1) is 11.8 Å². The quantitative estimate of drug-likeness (QED) is 0.622. The summed E-state index contributed by atoms with van der Waals surface area (Å²) in [4.78, 5) is 14.9. The molecule has 0 spiro atoms. The van der Waals surface area contributed by atoms with Crippen LogP contribution in [0.4, 0.5) is 0 Å². The third-order valence-corrected chi connectivity index (χ3v) is 1.54. The number of hydrogen-bond donors (Lipinski definition) is 0. The predicted octanol–water partition coefficient (Wildman–Crippen LogP) is 1.41. The second-order valence-electron chi connectivity index (χ2n) is 2.31. The van der Waals surface area contributed by atoms with Gasteiger partial charge in [-0.3, -0.25) is 9.78 Å². The lowest BCUT2D eigenvalue weighted by molar-refractivity contribution is -0.112. The predicted molar refractivity (Wildman–Crippen MR) is 42.1 cm³/mol. The van der Waals surface area contributed by atoms with Crippen LogP contribution in [0.15, 0.2) is 41.0 Å². The van der Waals surface area contributed by atoms with Crippen LogP contribution in [0.2, 0.25) is 0 Å². The Balaban J connectivity index is 2.40. The van der Waals surface area contributed by atoms with Gasteiger partial charge in [0.25, 0.3) is 5.91 Å². The van der Waals surface area contributed by atoms with Crippen molar-refractivity contribution in [2.45, 2.75) is 0 Å². The summed E-state index contributed by atoms with van der Waals surface area (Å²) in [7, 11) is 0. The standard InChI is InChI=1S/C8H5N3O/c12-8-7(5-10-11-8)6-2-1-3-9-4-6/h1-5H. The van der Waals surface area contributed by atoms with Crippen LogP contribution in [-0.4, -0.2) is 10.9 Å². The molecule has 4 heteroatoms. The molecule has 1 aromatic heterocycles. The molecule has 0 saturated carbocycles. The van der Waals surface area contributed by atoms with Gasteiger partial charge in [0.2, 0.25) is 0 Å². The number of aromatic nitrogens is 1. The zero-order valence-electron chi connectivity index (χ0n) is 6.14. The first-order chi connectivity index (χ1) is 5.88. The molecule has 0 N–H and O–H groups in total. The van der Waals surface area contributed by atoms with Crippen LogP contribution in [0, 0.1) is 0 Å².